The first-order valence-electron chi connectivity index (χ1n) is 14.9. The zero-order valence-electron chi connectivity index (χ0n) is 23.8. The van der Waals surface area contributed by atoms with Crippen LogP contribution in [0.2, 0.25) is 0 Å². The Hall–Kier alpha value is -3.36. The van der Waals surface area contributed by atoms with Gasteiger partial charge in [-0.2, -0.15) is 5.26 Å². The summed E-state index contributed by atoms with van der Waals surface area (Å²) in [7, 11) is 2.21. The molecule has 0 radical (unpaired) electrons. The molecule has 0 unspecified atom stereocenters. The Morgan fingerprint density at radius 1 is 1.00 bits per heavy atom. The Bertz CT molecular complexity index is 1370. The molecule has 1 aromatic heterocycles. The molecule has 3 aliphatic rings. The summed E-state index contributed by atoms with van der Waals surface area (Å²) in [4.78, 5) is 14.0. The topological polar surface area (TPSA) is 59.0 Å². The predicted octanol–water partition coefficient (Wildman–Crippen LogP) is 6.80. The van der Waals surface area contributed by atoms with E-state index in [2.05, 4.69) is 72.1 Å². The van der Waals surface area contributed by atoms with Crippen LogP contribution in [-0.2, 0) is 12.8 Å². The lowest BCUT2D eigenvalue weighted by Gasteiger charge is -2.36. The van der Waals surface area contributed by atoms with E-state index in [0.29, 0.717) is 11.8 Å². The van der Waals surface area contributed by atoms with Crippen LogP contribution in [0.5, 0.6) is 0 Å². The van der Waals surface area contributed by atoms with Gasteiger partial charge in [0.25, 0.3) is 0 Å². The monoisotopic (exact) mass is 519 g/mol. The molecule has 2 fully saturated rings. The van der Waals surface area contributed by atoms with Gasteiger partial charge in [0, 0.05) is 61.5 Å². The van der Waals surface area contributed by atoms with Gasteiger partial charge in [-0.3, -0.25) is 0 Å². The van der Waals surface area contributed by atoms with Crippen molar-refractivity contribution in [2.45, 2.75) is 70.6 Å². The van der Waals surface area contributed by atoms with Gasteiger partial charge in [0.2, 0.25) is 0 Å². The number of nitrogens with zero attached hydrogens (tertiary/aromatic N) is 4. The summed E-state index contributed by atoms with van der Waals surface area (Å²) in [5.41, 5.74) is 11.6. The summed E-state index contributed by atoms with van der Waals surface area (Å²) >= 11 is 0. The number of aromatic amines is 1. The lowest BCUT2D eigenvalue weighted by molar-refractivity contribution is 0.298. The molecule has 0 atom stereocenters. The number of benzene rings is 2. The smallest absolute Gasteiger partial charge is 0.138 e. The van der Waals surface area contributed by atoms with Gasteiger partial charge in [0.05, 0.1) is 17.3 Å². The number of likely N-dealkylation sites (N-methyl/N-ethyl adjacent to an activating group) is 1. The van der Waals surface area contributed by atoms with Gasteiger partial charge in [-0.05, 0) is 93.3 Å². The summed E-state index contributed by atoms with van der Waals surface area (Å²) in [6.07, 6.45) is 10.6. The van der Waals surface area contributed by atoms with E-state index in [1.54, 1.807) is 0 Å². The number of allylic oxidation sites excluding steroid dienone is 1. The Kier molecular flexibility index (Phi) is 7.32. The van der Waals surface area contributed by atoms with Crippen LogP contribution in [0.1, 0.15) is 90.1 Å². The number of nitrogens with one attached hydrogen (secondary N) is 1. The third-order valence-electron chi connectivity index (χ3n) is 9.43. The first-order chi connectivity index (χ1) is 19.0. The fourth-order valence-electron chi connectivity index (χ4n) is 6.76. The predicted molar refractivity (Wildman–Crippen MR) is 159 cm³/mol. The molecular weight excluding hydrogens is 478 g/mol. The number of hydrogen-bond donors (Lipinski definition) is 1. The molecule has 1 N–H and O–H groups in total. The highest BCUT2D eigenvalue weighted by Crippen LogP contribution is 2.43. The van der Waals surface area contributed by atoms with Crippen LogP contribution in [0.25, 0.3) is 17.1 Å². The van der Waals surface area contributed by atoms with Gasteiger partial charge >= 0.3 is 0 Å². The minimum Gasteiger partial charge on any atom is -0.371 e. The minimum atomic E-state index is 0.558. The number of likely N-dealkylation sites (tertiary alicyclic amines) is 1. The minimum absolute atomic E-state index is 0.558. The molecule has 39 heavy (non-hydrogen) atoms. The van der Waals surface area contributed by atoms with Gasteiger partial charge in [0.1, 0.15) is 5.82 Å². The van der Waals surface area contributed by atoms with E-state index in [-0.39, 0.29) is 0 Å². The number of fused-ring (bicyclic) bond motifs is 1. The zero-order chi connectivity index (χ0) is 26.9. The van der Waals surface area contributed by atoms with Gasteiger partial charge in [-0.15, -0.1) is 0 Å². The molecule has 202 valence electrons. The van der Waals surface area contributed by atoms with Crippen molar-refractivity contribution in [1.29, 1.82) is 5.26 Å². The number of H-pyrrole nitrogens is 1. The van der Waals surface area contributed by atoms with Crippen molar-refractivity contribution in [1.82, 2.24) is 19.8 Å². The summed E-state index contributed by atoms with van der Waals surface area (Å²) in [5.74, 6) is 2.28. The standard InChI is InChI=1S/C34H41N5/c1-4-33(39-18-12-26(13-19-39)25-10-8-24(22-35)9-11-25)28-21-30(29(20-23(28)2)27-6-5-7-27)34-36-31-14-16-38(3)17-15-32(31)37-34/h4,8-11,20-21,26-27H,5-7,12-19H2,1-3H3,(H,36,37)/b33-4-. The Balaban J connectivity index is 1.28. The molecule has 0 spiro atoms. The fraction of sp³-hybridized carbons (Fsp3) is 0.471. The fourth-order valence-corrected chi connectivity index (χ4v) is 6.76. The number of piperidine rings is 1. The number of hydrogen-bond acceptors (Lipinski definition) is 4. The normalized spacial score (nSPS) is 19.3. The van der Waals surface area contributed by atoms with Crippen molar-refractivity contribution in [2.24, 2.45) is 0 Å². The third kappa shape index (κ3) is 5.15. The van der Waals surface area contributed by atoms with Crippen LogP contribution in [0.15, 0.2) is 42.5 Å². The molecule has 0 amide bonds. The molecule has 0 bridgehead atoms. The summed E-state index contributed by atoms with van der Waals surface area (Å²) in [5, 5.41) is 9.14. The van der Waals surface area contributed by atoms with Crippen molar-refractivity contribution in [3.63, 3.8) is 0 Å². The lowest BCUT2D eigenvalue weighted by Crippen LogP contribution is -2.32. The molecule has 2 aliphatic heterocycles. The van der Waals surface area contributed by atoms with Gasteiger partial charge < -0.3 is 14.8 Å². The van der Waals surface area contributed by atoms with E-state index < -0.39 is 0 Å². The van der Waals surface area contributed by atoms with E-state index >= 15 is 0 Å². The number of aromatic nitrogens is 2. The van der Waals surface area contributed by atoms with Crippen molar-refractivity contribution in [3.8, 4) is 17.5 Å². The molecule has 1 saturated carbocycles. The van der Waals surface area contributed by atoms with Crippen molar-refractivity contribution in [2.75, 3.05) is 33.2 Å². The van der Waals surface area contributed by atoms with E-state index in [0.717, 1.165) is 63.3 Å². The average Bonchev–Trinajstić information content (AvgIpc) is 3.26. The maximum Gasteiger partial charge on any atom is 0.138 e. The second kappa shape index (κ2) is 11.0. The first kappa shape index (κ1) is 25.9. The van der Waals surface area contributed by atoms with E-state index in [1.807, 2.05) is 12.1 Å². The van der Waals surface area contributed by atoms with Crippen LogP contribution in [0.4, 0.5) is 0 Å². The van der Waals surface area contributed by atoms with Crippen LogP contribution >= 0.6 is 0 Å². The molecule has 1 aliphatic carbocycles. The second-order valence-corrected chi connectivity index (χ2v) is 11.9. The number of nitriles is 1. The molecule has 6 rings (SSSR count). The highest BCUT2D eigenvalue weighted by molar-refractivity contribution is 5.75. The second-order valence-electron chi connectivity index (χ2n) is 11.9. The maximum absolute atomic E-state index is 9.14. The molecular formula is C34H41N5. The number of imidazole rings is 1. The highest BCUT2D eigenvalue weighted by atomic mass is 15.1. The first-order valence-corrected chi connectivity index (χ1v) is 14.9. The molecule has 3 aromatic rings. The Labute approximate surface area is 233 Å². The van der Waals surface area contributed by atoms with Gasteiger partial charge in [-0.25, -0.2) is 4.98 Å². The largest absolute Gasteiger partial charge is 0.371 e. The summed E-state index contributed by atoms with van der Waals surface area (Å²) in [6.45, 7) is 8.74. The summed E-state index contributed by atoms with van der Waals surface area (Å²) in [6, 6.07) is 15.4. The molecule has 1 saturated heterocycles. The van der Waals surface area contributed by atoms with Crippen molar-refractivity contribution in [3.05, 3.63) is 81.7 Å². The Morgan fingerprint density at radius 3 is 2.41 bits per heavy atom. The van der Waals surface area contributed by atoms with Crippen molar-refractivity contribution < 1.29 is 0 Å². The SMILES string of the molecule is C/C=C(/c1cc(-c2nc3c([nH]2)CCN(C)CC3)c(C2CCC2)cc1C)N1CCC(c2ccc(C#N)cc2)CC1. The van der Waals surface area contributed by atoms with Crippen LogP contribution in [0, 0.1) is 18.3 Å². The molecule has 5 heteroatoms. The van der Waals surface area contributed by atoms with Gasteiger partial charge in [-0.1, -0.05) is 30.7 Å². The van der Waals surface area contributed by atoms with E-state index in [1.165, 1.54) is 64.2 Å². The van der Waals surface area contributed by atoms with E-state index in [9.17, 15) is 0 Å². The highest BCUT2D eigenvalue weighted by Gasteiger charge is 2.28. The third-order valence-corrected chi connectivity index (χ3v) is 9.43. The molecule has 5 nitrogen and oxygen atoms in total. The average molecular weight is 520 g/mol. The molecule has 2 aromatic carbocycles. The van der Waals surface area contributed by atoms with Gasteiger partial charge in [0.15, 0.2) is 0 Å². The number of rotatable bonds is 5. The quantitative estimate of drug-likeness (QED) is 0.403. The maximum atomic E-state index is 9.14. The van der Waals surface area contributed by atoms with Crippen LogP contribution in [0.3, 0.4) is 0 Å². The van der Waals surface area contributed by atoms with Crippen LogP contribution in [-0.4, -0.2) is 53.0 Å². The molecule has 3 heterocycles. The number of aryl methyl sites for hydroxylation is 1. The summed E-state index contributed by atoms with van der Waals surface area (Å²) < 4.78 is 0. The zero-order valence-corrected chi connectivity index (χ0v) is 23.8. The van der Waals surface area contributed by atoms with E-state index in [4.69, 9.17) is 10.2 Å². The lowest BCUT2D eigenvalue weighted by atomic mass is 9.76. The Morgan fingerprint density at radius 2 is 1.74 bits per heavy atom. The van der Waals surface area contributed by atoms with Crippen molar-refractivity contribution >= 4 is 5.70 Å². The van der Waals surface area contributed by atoms with Crippen LogP contribution < -0.4 is 0 Å².